The molecular weight excluding hydrogens is 178 g/mol. The number of thiophene rings is 1. The quantitative estimate of drug-likeness (QED) is 0.763. The smallest absolute Gasteiger partial charge is 0.0337 e. The van der Waals surface area contributed by atoms with Crippen LogP contribution in [0.1, 0.15) is 0 Å². The Morgan fingerprint density at radius 1 is 1.00 bits per heavy atom. The van der Waals surface area contributed by atoms with Crippen LogP contribution in [0.15, 0.2) is 41.1 Å². The van der Waals surface area contributed by atoms with E-state index < -0.39 is 0 Å². The standard InChI is InChI=1S/C11H11NS/c1-12-11-4-2-9(3-5-11)10-6-7-13-8-10/h2-8,12H,1H3. The van der Waals surface area contributed by atoms with Crippen LogP contribution in [0.25, 0.3) is 11.1 Å². The third-order valence-corrected chi connectivity index (χ3v) is 2.71. The van der Waals surface area contributed by atoms with E-state index in [1.165, 1.54) is 11.1 Å². The van der Waals surface area contributed by atoms with Crippen LogP contribution in [0.5, 0.6) is 0 Å². The van der Waals surface area contributed by atoms with Crippen LogP contribution < -0.4 is 5.32 Å². The minimum absolute atomic E-state index is 1.15. The Bertz CT molecular complexity index is 361. The number of hydrogen-bond acceptors (Lipinski definition) is 2. The van der Waals surface area contributed by atoms with Gasteiger partial charge in [-0.1, -0.05) is 12.1 Å². The fourth-order valence-corrected chi connectivity index (χ4v) is 1.92. The van der Waals surface area contributed by atoms with Gasteiger partial charge in [0, 0.05) is 12.7 Å². The van der Waals surface area contributed by atoms with E-state index in [4.69, 9.17) is 0 Å². The van der Waals surface area contributed by atoms with Gasteiger partial charge in [0.25, 0.3) is 0 Å². The van der Waals surface area contributed by atoms with Gasteiger partial charge in [-0.05, 0) is 40.1 Å². The molecule has 1 nitrogen and oxygen atoms in total. The zero-order valence-electron chi connectivity index (χ0n) is 7.45. The van der Waals surface area contributed by atoms with Crippen molar-refractivity contribution in [3.05, 3.63) is 41.1 Å². The van der Waals surface area contributed by atoms with Crippen molar-refractivity contribution in [1.82, 2.24) is 0 Å². The zero-order chi connectivity index (χ0) is 9.10. The lowest BCUT2D eigenvalue weighted by Gasteiger charge is -2.01. The van der Waals surface area contributed by atoms with Gasteiger partial charge in [0.15, 0.2) is 0 Å². The summed E-state index contributed by atoms with van der Waals surface area (Å²) in [4.78, 5) is 0. The summed E-state index contributed by atoms with van der Waals surface area (Å²) < 4.78 is 0. The maximum atomic E-state index is 3.10. The first-order valence-electron chi connectivity index (χ1n) is 4.20. The first kappa shape index (κ1) is 8.32. The summed E-state index contributed by atoms with van der Waals surface area (Å²) in [6.45, 7) is 0. The summed E-state index contributed by atoms with van der Waals surface area (Å²) in [5, 5.41) is 7.36. The first-order valence-corrected chi connectivity index (χ1v) is 5.15. The van der Waals surface area contributed by atoms with Crippen molar-refractivity contribution in [2.75, 3.05) is 12.4 Å². The van der Waals surface area contributed by atoms with Gasteiger partial charge in [-0.15, -0.1) is 0 Å². The molecule has 1 N–H and O–H groups in total. The van der Waals surface area contributed by atoms with E-state index in [0.29, 0.717) is 0 Å². The van der Waals surface area contributed by atoms with E-state index in [1.807, 2.05) is 7.05 Å². The molecule has 0 aliphatic heterocycles. The van der Waals surface area contributed by atoms with Gasteiger partial charge in [-0.2, -0.15) is 11.3 Å². The molecule has 0 atom stereocenters. The molecule has 1 heterocycles. The average Bonchev–Trinajstić information content (AvgIpc) is 2.71. The van der Waals surface area contributed by atoms with Gasteiger partial charge in [-0.25, -0.2) is 0 Å². The molecule has 13 heavy (non-hydrogen) atoms. The van der Waals surface area contributed by atoms with Crippen LogP contribution in [0, 0.1) is 0 Å². The molecule has 2 heteroatoms. The molecule has 1 aromatic heterocycles. The number of benzene rings is 1. The Kier molecular flexibility index (Phi) is 2.32. The monoisotopic (exact) mass is 189 g/mol. The van der Waals surface area contributed by atoms with Gasteiger partial charge >= 0.3 is 0 Å². The van der Waals surface area contributed by atoms with Crippen LogP contribution in [-0.4, -0.2) is 7.05 Å². The van der Waals surface area contributed by atoms with Crippen molar-refractivity contribution in [2.24, 2.45) is 0 Å². The summed E-state index contributed by atoms with van der Waals surface area (Å²) in [5.41, 5.74) is 3.73. The van der Waals surface area contributed by atoms with Crippen LogP contribution in [0.3, 0.4) is 0 Å². The van der Waals surface area contributed by atoms with Crippen LogP contribution in [-0.2, 0) is 0 Å². The highest BCUT2D eigenvalue weighted by Gasteiger charge is 1.96. The second-order valence-corrected chi connectivity index (χ2v) is 3.62. The number of anilines is 1. The highest BCUT2D eigenvalue weighted by molar-refractivity contribution is 7.08. The lowest BCUT2D eigenvalue weighted by molar-refractivity contribution is 1.51. The van der Waals surface area contributed by atoms with Gasteiger partial charge in [0.05, 0.1) is 0 Å². The third kappa shape index (κ3) is 1.73. The van der Waals surface area contributed by atoms with Crippen molar-refractivity contribution >= 4 is 17.0 Å². The molecule has 0 amide bonds. The van der Waals surface area contributed by atoms with Gasteiger partial charge in [-0.3, -0.25) is 0 Å². The maximum Gasteiger partial charge on any atom is 0.0337 e. The van der Waals surface area contributed by atoms with Gasteiger partial charge in [0.2, 0.25) is 0 Å². The third-order valence-electron chi connectivity index (χ3n) is 2.03. The second kappa shape index (κ2) is 3.62. The van der Waals surface area contributed by atoms with Crippen LogP contribution in [0.4, 0.5) is 5.69 Å². The summed E-state index contributed by atoms with van der Waals surface area (Å²) in [5.74, 6) is 0. The largest absolute Gasteiger partial charge is 0.388 e. The summed E-state index contributed by atoms with van der Waals surface area (Å²) in [6.07, 6.45) is 0. The molecule has 0 spiro atoms. The lowest BCUT2D eigenvalue weighted by Crippen LogP contribution is -1.86. The van der Waals surface area contributed by atoms with Crippen molar-refractivity contribution < 1.29 is 0 Å². The Balaban J connectivity index is 2.33. The highest BCUT2D eigenvalue weighted by Crippen LogP contribution is 2.23. The van der Waals surface area contributed by atoms with E-state index in [1.54, 1.807) is 11.3 Å². The summed E-state index contributed by atoms with van der Waals surface area (Å²) in [6, 6.07) is 10.6. The predicted molar refractivity (Wildman–Crippen MR) is 59.3 cm³/mol. The van der Waals surface area contributed by atoms with Crippen molar-refractivity contribution in [3.8, 4) is 11.1 Å². The van der Waals surface area contributed by atoms with E-state index in [-0.39, 0.29) is 0 Å². The van der Waals surface area contributed by atoms with E-state index >= 15 is 0 Å². The molecule has 0 aliphatic rings. The Morgan fingerprint density at radius 3 is 2.31 bits per heavy atom. The molecule has 0 unspecified atom stereocenters. The number of nitrogens with one attached hydrogen (secondary N) is 1. The fourth-order valence-electron chi connectivity index (χ4n) is 1.26. The topological polar surface area (TPSA) is 12.0 Å². The SMILES string of the molecule is CNc1ccc(-c2ccsc2)cc1. The average molecular weight is 189 g/mol. The minimum Gasteiger partial charge on any atom is -0.388 e. The Hall–Kier alpha value is -1.28. The molecule has 0 aliphatic carbocycles. The highest BCUT2D eigenvalue weighted by atomic mass is 32.1. The van der Waals surface area contributed by atoms with Gasteiger partial charge < -0.3 is 5.32 Å². The van der Waals surface area contributed by atoms with Crippen molar-refractivity contribution in [1.29, 1.82) is 0 Å². The second-order valence-electron chi connectivity index (χ2n) is 2.84. The normalized spacial score (nSPS) is 9.92. The first-order chi connectivity index (χ1) is 6.40. The summed E-state index contributed by atoms with van der Waals surface area (Å²) >= 11 is 1.73. The Labute approximate surface area is 82.0 Å². The maximum absolute atomic E-state index is 3.10. The molecule has 0 bridgehead atoms. The molecular formula is C11H11NS. The van der Waals surface area contributed by atoms with Crippen LogP contribution in [0.2, 0.25) is 0 Å². The molecule has 0 saturated heterocycles. The zero-order valence-corrected chi connectivity index (χ0v) is 8.27. The molecule has 0 saturated carbocycles. The molecule has 66 valence electrons. The van der Waals surface area contributed by atoms with Crippen LogP contribution >= 0.6 is 11.3 Å². The molecule has 1 aromatic carbocycles. The molecule has 0 radical (unpaired) electrons. The van der Waals surface area contributed by atoms with E-state index in [2.05, 4.69) is 46.4 Å². The van der Waals surface area contributed by atoms with Crippen molar-refractivity contribution in [3.63, 3.8) is 0 Å². The van der Waals surface area contributed by atoms with E-state index in [9.17, 15) is 0 Å². The van der Waals surface area contributed by atoms with Crippen molar-refractivity contribution in [2.45, 2.75) is 0 Å². The number of rotatable bonds is 2. The molecule has 0 fully saturated rings. The molecule has 2 rings (SSSR count). The fraction of sp³-hybridized carbons (Fsp3) is 0.0909. The predicted octanol–water partition coefficient (Wildman–Crippen LogP) is 3.46. The minimum atomic E-state index is 1.15. The number of hydrogen-bond donors (Lipinski definition) is 1. The lowest BCUT2D eigenvalue weighted by atomic mass is 10.1. The van der Waals surface area contributed by atoms with E-state index in [0.717, 1.165) is 5.69 Å². The molecule has 2 aromatic rings. The summed E-state index contributed by atoms with van der Waals surface area (Å²) in [7, 11) is 1.93. The van der Waals surface area contributed by atoms with Gasteiger partial charge in [0.1, 0.15) is 0 Å². The Morgan fingerprint density at radius 2 is 1.77 bits per heavy atom.